The number of halogens is 3. The lowest BCUT2D eigenvalue weighted by molar-refractivity contribution is -0.137. The predicted molar refractivity (Wildman–Crippen MR) is 72.1 cm³/mol. The normalized spacial score (nSPS) is 12.7. The first-order valence-electron chi connectivity index (χ1n) is 6.12. The lowest BCUT2D eigenvalue weighted by atomic mass is 10.1. The molecule has 0 spiro atoms. The van der Waals surface area contributed by atoms with Crippen molar-refractivity contribution in [3.05, 3.63) is 36.0 Å². The largest absolute Gasteiger partial charge is 0.416 e. The monoisotopic (exact) mass is 283 g/mol. The Hall–Kier alpha value is -1.98. The Kier molecular flexibility index (Phi) is 3.28. The molecule has 6 heteroatoms. The van der Waals surface area contributed by atoms with E-state index in [1.54, 1.807) is 16.9 Å². The van der Waals surface area contributed by atoms with Crippen LogP contribution in [0.3, 0.4) is 0 Å². The zero-order valence-corrected chi connectivity index (χ0v) is 11.5. The number of alkyl halides is 3. The number of rotatable bonds is 1. The minimum atomic E-state index is -4.38. The van der Waals surface area contributed by atoms with Crippen LogP contribution < -0.4 is 5.73 Å². The summed E-state index contributed by atoms with van der Waals surface area (Å²) in [5.41, 5.74) is 5.96. The van der Waals surface area contributed by atoms with Gasteiger partial charge in [0.1, 0.15) is 5.69 Å². The predicted octanol–water partition coefficient (Wildman–Crippen LogP) is 3.91. The molecule has 0 radical (unpaired) electrons. The van der Waals surface area contributed by atoms with Crippen molar-refractivity contribution in [1.82, 2.24) is 9.78 Å². The molecule has 3 nitrogen and oxygen atoms in total. The highest BCUT2D eigenvalue weighted by atomic mass is 19.4. The Balaban J connectivity index is 2.50. The summed E-state index contributed by atoms with van der Waals surface area (Å²) in [5.74, 6) is 0. The van der Waals surface area contributed by atoms with Crippen LogP contribution in [0.15, 0.2) is 30.5 Å². The molecule has 0 saturated carbocycles. The molecule has 1 aromatic carbocycles. The lowest BCUT2D eigenvalue weighted by Gasteiger charge is -2.18. The summed E-state index contributed by atoms with van der Waals surface area (Å²) in [6.45, 7) is 5.82. The van der Waals surface area contributed by atoms with Crippen molar-refractivity contribution in [3.8, 4) is 11.3 Å². The topological polar surface area (TPSA) is 43.8 Å². The van der Waals surface area contributed by atoms with Crippen molar-refractivity contribution in [2.75, 3.05) is 5.73 Å². The maximum atomic E-state index is 12.7. The number of benzene rings is 1. The molecule has 108 valence electrons. The van der Waals surface area contributed by atoms with Gasteiger partial charge in [0.2, 0.25) is 0 Å². The average molecular weight is 283 g/mol. The van der Waals surface area contributed by atoms with Gasteiger partial charge in [-0.25, -0.2) is 0 Å². The SMILES string of the molecule is CC(C)(C)n1cc(N)c(-c2cccc(C(F)(F)F)c2)n1. The first-order chi connectivity index (χ1) is 9.09. The van der Waals surface area contributed by atoms with Crippen molar-refractivity contribution in [3.63, 3.8) is 0 Å². The molecule has 0 aliphatic rings. The Morgan fingerprint density at radius 2 is 1.80 bits per heavy atom. The third-order valence-corrected chi connectivity index (χ3v) is 2.89. The van der Waals surface area contributed by atoms with Crippen LogP contribution in [0.25, 0.3) is 11.3 Å². The molecule has 2 aromatic rings. The molecule has 1 heterocycles. The van der Waals surface area contributed by atoms with Gasteiger partial charge in [0.15, 0.2) is 0 Å². The van der Waals surface area contributed by atoms with E-state index in [-0.39, 0.29) is 5.54 Å². The summed E-state index contributed by atoms with van der Waals surface area (Å²) >= 11 is 0. The van der Waals surface area contributed by atoms with Crippen LogP contribution in [0, 0.1) is 0 Å². The molecule has 0 aliphatic heterocycles. The van der Waals surface area contributed by atoms with Gasteiger partial charge in [-0.3, -0.25) is 4.68 Å². The molecule has 20 heavy (non-hydrogen) atoms. The molecule has 2 N–H and O–H groups in total. The number of anilines is 1. The fourth-order valence-electron chi connectivity index (χ4n) is 1.80. The van der Waals surface area contributed by atoms with Gasteiger partial charge in [0.05, 0.1) is 16.8 Å². The van der Waals surface area contributed by atoms with Crippen molar-refractivity contribution in [1.29, 1.82) is 0 Å². The molecule has 0 aliphatic carbocycles. The third kappa shape index (κ3) is 2.79. The van der Waals surface area contributed by atoms with Crippen LogP contribution in [0.2, 0.25) is 0 Å². The fourth-order valence-corrected chi connectivity index (χ4v) is 1.80. The summed E-state index contributed by atoms with van der Waals surface area (Å²) in [6.07, 6.45) is -2.74. The Morgan fingerprint density at radius 1 is 1.15 bits per heavy atom. The van der Waals surface area contributed by atoms with E-state index < -0.39 is 11.7 Å². The van der Waals surface area contributed by atoms with Crippen molar-refractivity contribution in [2.24, 2.45) is 0 Å². The van der Waals surface area contributed by atoms with E-state index in [9.17, 15) is 13.2 Å². The Labute approximate surface area is 115 Å². The highest BCUT2D eigenvalue weighted by Crippen LogP contribution is 2.33. The molecule has 0 fully saturated rings. The Bertz CT molecular complexity index is 621. The van der Waals surface area contributed by atoms with E-state index in [2.05, 4.69) is 5.10 Å². The molecule has 2 rings (SSSR count). The van der Waals surface area contributed by atoms with E-state index in [0.717, 1.165) is 12.1 Å². The van der Waals surface area contributed by atoms with Crippen LogP contribution in [0.1, 0.15) is 26.3 Å². The fraction of sp³-hybridized carbons (Fsp3) is 0.357. The minimum absolute atomic E-state index is 0.284. The molecule has 0 amide bonds. The van der Waals surface area contributed by atoms with E-state index in [1.165, 1.54) is 6.07 Å². The van der Waals surface area contributed by atoms with E-state index >= 15 is 0 Å². The summed E-state index contributed by atoms with van der Waals surface area (Å²) in [4.78, 5) is 0. The maximum Gasteiger partial charge on any atom is 0.416 e. The van der Waals surface area contributed by atoms with Gasteiger partial charge in [0.25, 0.3) is 0 Å². The van der Waals surface area contributed by atoms with Crippen LogP contribution in [0.5, 0.6) is 0 Å². The van der Waals surface area contributed by atoms with Gasteiger partial charge >= 0.3 is 6.18 Å². The standard InChI is InChI=1S/C14H16F3N3/c1-13(2,3)20-8-11(18)12(19-20)9-5-4-6-10(7-9)14(15,16)17/h4-8H,18H2,1-3H3. The van der Waals surface area contributed by atoms with Crippen molar-refractivity contribution in [2.45, 2.75) is 32.5 Å². The number of nitrogens with two attached hydrogens (primary N) is 1. The second-order valence-electron chi connectivity index (χ2n) is 5.63. The van der Waals surface area contributed by atoms with Crippen molar-refractivity contribution >= 4 is 5.69 Å². The lowest BCUT2D eigenvalue weighted by Crippen LogP contribution is -2.22. The molecule has 0 saturated heterocycles. The van der Waals surface area contributed by atoms with Crippen LogP contribution in [-0.4, -0.2) is 9.78 Å². The van der Waals surface area contributed by atoms with E-state index in [0.29, 0.717) is 16.9 Å². The van der Waals surface area contributed by atoms with Gasteiger partial charge in [-0.1, -0.05) is 12.1 Å². The molecular weight excluding hydrogens is 267 g/mol. The van der Waals surface area contributed by atoms with Gasteiger partial charge in [-0.2, -0.15) is 18.3 Å². The van der Waals surface area contributed by atoms with Crippen LogP contribution >= 0.6 is 0 Å². The number of hydrogen-bond acceptors (Lipinski definition) is 2. The molecule has 0 bridgehead atoms. The molecule has 0 atom stereocenters. The quantitative estimate of drug-likeness (QED) is 0.862. The highest BCUT2D eigenvalue weighted by molar-refractivity contribution is 5.72. The summed E-state index contributed by atoms with van der Waals surface area (Å²) in [7, 11) is 0. The molecule has 1 aromatic heterocycles. The second-order valence-corrected chi connectivity index (χ2v) is 5.63. The molecular formula is C14H16F3N3. The first kappa shape index (κ1) is 14.4. The van der Waals surface area contributed by atoms with Gasteiger partial charge < -0.3 is 5.73 Å². The zero-order valence-electron chi connectivity index (χ0n) is 11.5. The summed E-state index contributed by atoms with van der Waals surface area (Å²) in [6, 6.07) is 5.01. The van der Waals surface area contributed by atoms with Crippen LogP contribution in [0.4, 0.5) is 18.9 Å². The highest BCUT2D eigenvalue weighted by Gasteiger charge is 2.30. The minimum Gasteiger partial charge on any atom is -0.396 e. The van der Waals surface area contributed by atoms with Gasteiger partial charge in [-0.05, 0) is 32.9 Å². The van der Waals surface area contributed by atoms with Gasteiger partial charge in [-0.15, -0.1) is 0 Å². The number of aromatic nitrogens is 2. The number of nitrogen functional groups attached to an aromatic ring is 1. The maximum absolute atomic E-state index is 12.7. The Morgan fingerprint density at radius 3 is 2.30 bits per heavy atom. The van der Waals surface area contributed by atoms with E-state index in [4.69, 9.17) is 5.73 Å². The summed E-state index contributed by atoms with van der Waals surface area (Å²) in [5, 5.41) is 4.30. The van der Waals surface area contributed by atoms with Crippen molar-refractivity contribution < 1.29 is 13.2 Å². The first-order valence-corrected chi connectivity index (χ1v) is 6.12. The average Bonchev–Trinajstić information content (AvgIpc) is 2.70. The molecule has 0 unspecified atom stereocenters. The van der Waals surface area contributed by atoms with E-state index in [1.807, 2.05) is 20.8 Å². The zero-order chi connectivity index (χ0) is 15.1. The second kappa shape index (κ2) is 4.54. The van der Waals surface area contributed by atoms with Gasteiger partial charge in [0, 0.05) is 11.8 Å². The summed E-state index contributed by atoms with van der Waals surface area (Å²) < 4.78 is 39.8. The third-order valence-electron chi connectivity index (χ3n) is 2.89. The number of nitrogens with zero attached hydrogens (tertiary/aromatic N) is 2. The smallest absolute Gasteiger partial charge is 0.396 e. The van der Waals surface area contributed by atoms with Crippen LogP contribution in [-0.2, 0) is 11.7 Å². The number of hydrogen-bond donors (Lipinski definition) is 1.